The number of carbonyl (C=O) groups is 2. The molecular weight excluding hydrogens is 328 g/mol. The Hall–Kier alpha value is -2.41. The molecule has 1 saturated carbocycles. The first kappa shape index (κ1) is 16.4. The second kappa shape index (κ2) is 7.00. The molecule has 0 unspecified atom stereocenters. The number of hydrogen-bond donors (Lipinski definition) is 3. The van der Waals surface area contributed by atoms with Gasteiger partial charge in [0.2, 0.25) is 5.78 Å². The van der Waals surface area contributed by atoms with Crippen molar-refractivity contribution in [3.05, 3.63) is 23.6 Å². The number of ketones is 1. The summed E-state index contributed by atoms with van der Waals surface area (Å²) in [5, 5.41) is 23.7. The molecule has 1 heterocycles. The van der Waals surface area contributed by atoms with Gasteiger partial charge in [0.1, 0.15) is 11.5 Å². The SMILES string of the molecule is O=C(Nc1nc(-c2ccc(O)cc2O)cs1)C(=O)C1CCCCC1. The number of aromatic hydroxyl groups is 2. The number of rotatable bonds is 4. The van der Waals surface area contributed by atoms with Crippen LogP contribution in [0.2, 0.25) is 0 Å². The van der Waals surface area contributed by atoms with E-state index in [0.717, 1.165) is 32.1 Å². The van der Waals surface area contributed by atoms with Crippen LogP contribution in [0.15, 0.2) is 23.6 Å². The number of aromatic nitrogens is 1. The first-order chi connectivity index (χ1) is 11.5. The van der Waals surface area contributed by atoms with Crippen molar-refractivity contribution < 1.29 is 19.8 Å². The van der Waals surface area contributed by atoms with Crippen LogP contribution in [0.25, 0.3) is 11.3 Å². The van der Waals surface area contributed by atoms with Gasteiger partial charge in [0.15, 0.2) is 5.13 Å². The molecule has 0 radical (unpaired) electrons. The van der Waals surface area contributed by atoms with Crippen LogP contribution in [0.1, 0.15) is 32.1 Å². The van der Waals surface area contributed by atoms with Gasteiger partial charge < -0.3 is 10.2 Å². The highest BCUT2D eigenvalue weighted by Crippen LogP contribution is 2.34. The number of nitrogens with zero attached hydrogens (tertiary/aromatic N) is 1. The molecule has 6 nitrogen and oxygen atoms in total. The van der Waals surface area contributed by atoms with Crippen molar-refractivity contribution in [3.63, 3.8) is 0 Å². The van der Waals surface area contributed by atoms with Crippen LogP contribution in [0.4, 0.5) is 5.13 Å². The van der Waals surface area contributed by atoms with E-state index in [1.165, 1.54) is 23.5 Å². The van der Waals surface area contributed by atoms with Gasteiger partial charge in [-0.1, -0.05) is 19.3 Å². The molecule has 0 spiro atoms. The van der Waals surface area contributed by atoms with E-state index >= 15 is 0 Å². The van der Waals surface area contributed by atoms with E-state index in [9.17, 15) is 19.8 Å². The third-order valence-corrected chi connectivity index (χ3v) is 4.94. The molecule has 1 aromatic carbocycles. The van der Waals surface area contributed by atoms with E-state index < -0.39 is 5.91 Å². The number of amides is 1. The second-order valence-corrected chi connectivity index (χ2v) is 6.75. The van der Waals surface area contributed by atoms with E-state index in [0.29, 0.717) is 16.4 Å². The predicted molar refractivity (Wildman–Crippen MR) is 91.1 cm³/mol. The van der Waals surface area contributed by atoms with Crippen molar-refractivity contribution in [1.82, 2.24) is 4.98 Å². The average molecular weight is 346 g/mol. The Balaban J connectivity index is 1.69. The molecule has 24 heavy (non-hydrogen) atoms. The minimum absolute atomic E-state index is 0.0434. The number of hydrogen-bond acceptors (Lipinski definition) is 6. The van der Waals surface area contributed by atoms with E-state index in [2.05, 4.69) is 10.3 Å². The predicted octanol–water partition coefficient (Wildman–Crippen LogP) is 3.31. The van der Waals surface area contributed by atoms with Gasteiger partial charge in [-0.3, -0.25) is 14.9 Å². The van der Waals surface area contributed by atoms with Crippen LogP contribution < -0.4 is 5.32 Å². The van der Waals surface area contributed by atoms with Crippen molar-refractivity contribution >= 4 is 28.2 Å². The zero-order valence-electron chi connectivity index (χ0n) is 13.0. The second-order valence-electron chi connectivity index (χ2n) is 5.89. The standard InChI is InChI=1S/C17H18N2O4S/c20-11-6-7-12(14(21)8-11)13-9-24-17(18-13)19-16(23)15(22)10-4-2-1-3-5-10/h6-10,20-21H,1-5H2,(H,18,19,23). The molecule has 0 aliphatic heterocycles. The quantitative estimate of drug-likeness (QED) is 0.738. The maximum atomic E-state index is 12.2. The molecule has 1 aliphatic carbocycles. The van der Waals surface area contributed by atoms with Crippen molar-refractivity contribution in [1.29, 1.82) is 0 Å². The van der Waals surface area contributed by atoms with Crippen LogP contribution >= 0.6 is 11.3 Å². The molecular formula is C17H18N2O4S. The van der Waals surface area contributed by atoms with Crippen LogP contribution in [-0.2, 0) is 9.59 Å². The average Bonchev–Trinajstić information content (AvgIpc) is 3.03. The van der Waals surface area contributed by atoms with Crippen LogP contribution in [-0.4, -0.2) is 26.9 Å². The number of phenols is 2. The maximum absolute atomic E-state index is 12.2. The molecule has 126 valence electrons. The fourth-order valence-electron chi connectivity index (χ4n) is 2.90. The maximum Gasteiger partial charge on any atom is 0.293 e. The summed E-state index contributed by atoms with van der Waals surface area (Å²) in [7, 11) is 0. The third kappa shape index (κ3) is 3.56. The lowest BCUT2D eigenvalue weighted by Gasteiger charge is -2.19. The number of anilines is 1. The van der Waals surface area contributed by atoms with Crippen LogP contribution in [0, 0.1) is 5.92 Å². The molecule has 7 heteroatoms. The number of benzene rings is 1. The fraction of sp³-hybridized carbons (Fsp3) is 0.353. The molecule has 0 bridgehead atoms. The van der Waals surface area contributed by atoms with Gasteiger partial charge in [0.05, 0.1) is 5.69 Å². The Labute approximate surface area is 143 Å². The molecule has 0 atom stereocenters. The number of carbonyl (C=O) groups excluding carboxylic acids is 2. The fourth-order valence-corrected chi connectivity index (χ4v) is 3.61. The molecule has 3 N–H and O–H groups in total. The zero-order chi connectivity index (χ0) is 17.1. The minimum atomic E-state index is -0.627. The summed E-state index contributed by atoms with van der Waals surface area (Å²) in [4.78, 5) is 28.5. The van der Waals surface area contributed by atoms with E-state index in [4.69, 9.17) is 0 Å². The van der Waals surface area contributed by atoms with Gasteiger partial charge >= 0.3 is 0 Å². The van der Waals surface area contributed by atoms with Gasteiger partial charge in [0, 0.05) is 22.9 Å². The number of thiazole rings is 1. The number of phenolic OH excluding ortho intramolecular Hbond substituents is 2. The first-order valence-electron chi connectivity index (χ1n) is 7.87. The van der Waals surface area contributed by atoms with Gasteiger partial charge in [-0.05, 0) is 25.0 Å². The summed E-state index contributed by atoms with van der Waals surface area (Å²) < 4.78 is 0. The molecule has 0 saturated heterocycles. The number of Topliss-reactive ketones (excluding diaryl/α,β-unsaturated/α-hetero) is 1. The smallest absolute Gasteiger partial charge is 0.293 e. The Morgan fingerprint density at radius 1 is 1.17 bits per heavy atom. The summed E-state index contributed by atoms with van der Waals surface area (Å²) in [5.41, 5.74) is 0.918. The third-order valence-electron chi connectivity index (χ3n) is 4.18. The van der Waals surface area contributed by atoms with E-state index in [-0.39, 0.29) is 23.2 Å². The van der Waals surface area contributed by atoms with E-state index in [1.54, 1.807) is 11.4 Å². The molecule has 3 rings (SSSR count). The lowest BCUT2D eigenvalue weighted by molar-refractivity contribution is -0.137. The summed E-state index contributed by atoms with van der Waals surface area (Å²) in [6.45, 7) is 0. The molecule has 1 aliphatic rings. The largest absolute Gasteiger partial charge is 0.508 e. The van der Waals surface area contributed by atoms with Gasteiger partial charge in [-0.2, -0.15) is 0 Å². The van der Waals surface area contributed by atoms with Gasteiger partial charge in [-0.15, -0.1) is 11.3 Å². The Kier molecular flexibility index (Phi) is 4.80. The summed E-state index contributed by atoms with van der Waals surface area (Å²) in [6.07, 6.45) is 4.65. The van der Waals surface area contributed by atoms with Crippen LogP contribution in [0.3, 0.4) is 0 Å². The Bertz CT molecular complexity index is 766. The van der Waals surface area contributed by atoms with E-state index in [1.807, 2.05) is 0 Å². The summed E-state index contributed by atoms with van der Waals surface area (Å²) in [6, 6.07) is 4.21. The zero-order valence-corrected chi connectivity index (χ0v) is 13.8. The highest BCUT2D eigenvalue weighted by molar-refractivity contribution is 7.14. The Morgan fingerprint density at radius 2 is 1.92 bits per heavy atom. The van der Waals surface area contributed by atoms with Gasteiger partial charge in [0.25, 0.3) is 5.91 Å². The normalized spacial score (nSPS) is 15.2. The highest BCUT2D eigenvalue weighted by atomic mass is 32.1. The lowest BCUT2D eigenvalue weighted by Crippen LogP contribution is -2.30. The number of nitrogens with one attached hydrogen (secondary N) is 1. The molecule has 1 amide bonds. The Morgan fingerprint density at radius 3 is 2.62 bits per heavy atom. The van der Waals surface area contributed by atoms with Crippen molar-refractivity contribution in [2.45, 2.75) is 32.1 Å². The van der Waals surface area contributed by atoms with Crippen molar-refractivity contribution in [2.75, 3.05) is 5.32 Å². The van der Waals surface area contributed by atoms with Gasteiger partial charge in [-0.25, -0.2) is 4.98 Å². The molecule has 1 aromatic heterocycles. The monoisotopic (exact) mass is 346 g/mol. The lowest BCUT2D eigenvalue weighted by atomic mass is 9.86. The first-order valence-corrected chi connectivity index (χ1v) is 8.75. The summed E-state index contributed by atoms with van der Waals surface area (Å²) in [5.74, 6) is -1.33. The van der Waals surface area contributed by atoms with Crippen LogP contribution in [0.5, 0.6) is 11.5 Å². The van der Waals surface area contributed by atoms with Crippen molar-refractivity contribution in [2.24, 2.45) is 5.92 Å². The summed E-state index contributed by atoms with van der Waals surface area (Å²) >= 11 is 1.18. The topological polar surface area (TPSA) is 99.5 Å². The minimum Gasteiger partial charge on any atom is -0.508 e. The highest BCUT2D eigenvalue weighted by Gasteiger charge is 2.27. The molecule has 2 aromatic rings. The molecule has 1 fully saturated rings. The van der Waals surface area contributed by atoms with Crippen molar-refractivity contribution in [3.8, 4) is 22.8 Å².